The molecule has 5 heteroatoms. The molecule has 1 aromatic rings. The topological polar surface area (TPSA) is 55.6 Å². The Morgan fingerprint density at radius 2 is 1.84 bits per heavy atom. The lowest BCUT2D eigenvalue weighted by molar-refractivity contribution is -0.133. The number of halogens is 1. The van der Waals surface area contributed by atoms with Crippen molar-refractivity contribution in [3.8, 4) is 0 Å². The van der Waals surface area contributed by atoms with E-state index >= 15 is 0 Å². The fraction of sp³-hybridized carbons (Fsp3) is 0.650. The third-order valence-corrected chi connectivity index (χ3v) is 4.72. The lowest BCUT2D eigenvalue weighted by atomic mass is 10.0. The summed E-state index contributed by atoms with van der Waals surface area (Å²) in [5.74, 6) is 0.305. The summed E-state index contributed by atoms with van der Waals surface area (Å²) in [4.78, 5) is 14.3. The van der Waals surface area contributed by atoms with Crippen molar-refractivity contribution >= 4 is 18.3 Å². The van der Waals surface area contributed by atoms with Gasteiger partial charge in [0.2, 0.25) is 5.91 Å². The predicted molar refractivity (Wildman–Crippen MR) is 105 cm³/mol. The van der Waals surface area contributed by atoms with Gasteiger partial charge >= 0.3 is 0 Å². The Morgan fingerprint density at radius 3 is 2.48 bits per heavy atom. The van der Waals surface area contributed by atoms with Crippen molar-refractivity contribution < 1.29 is 9.53 Å². The van der Waals surface area contributed by atoms with Crippen LogP contribution in [-0.4, -0.2) is 43.2 Å². The largest absolute Gasteiger partial charge is 0.378 e. The average Bonchev–Trinajstić information content (AvgIpc) is 2.61. The third-order valence-electron chi connectivity index (χ3n) is 4.72. The fourth-order valence-corrected chi connectivity index (χ4v) is 3.12. The second-order valence-electron chi connectivity index (χ2n) is 6.79. The van der Waals surface area contributed by atoms with Crippen LogP contribution in [0.25, 0.3) is 0 Å². The van der Waals surface area contributed by atoms with Crippen molar-refractivity contribution in [2.75, 3.05) is 26.2 Å². The molecule has 0 unspecified atom stereocenters. The Balaban J connectivity index is 0.00000312. The molecule has 25 heavy (non-hydrogen) atoms. The number of aryl methyl sites for hydroxylation is 2. The molecule has 0 atom stereocenters. The average molecular weight is 369 g/mol. The highest BCUT2D eigenvalue weighted by Crippen LogP contribution is 2.16. The number of amides is 1. The van der Waals surface area contributed by atoms with Gasteiger partial charge in [-0.3, -0.25) is 4.79 Å². The molecule has 0 aromatic heterocycles. The molecule has 1 saturated heterocycles. The Labute approximate surface area is 158 Å². The molecule has 0 aliphatic carbocycles. The highest BCUT2D eigenvalue weighted by molar-refractivity contribution is 5.85. The first-order valence-electron chi connectivity index (χ1n) is 9.34. The first-order chi connectivity index (χ1) is 11.7. The highest BCUT2D eigenvalue weighted by Gasteiger charge is 2.22. The molecular weight excluding hydrogens is 336 g/mol. The maximum Gasteiger partial charge on any atom is 0.222 e. The van der Waals surface area contributed by atoms with E-state index in [1.807, 2.05) is 4.90 Å². The van der Waals surface area contributed by atoms with Crippen LogP contribution in [0.1, 0.15) is 49.7 Å². The van der Waals surface area contributed by atoms with Crippen LogP contribution in [0.15, 0.2) is 24.3 Å². The number of ether oxygens (including phenoxy) is 1. The number of carbonyl (C=O) groups excluding carboxylic acids is 1. The van der Waals surface area contributed by atoms with Gasteiger partial charge in [0, 0.05) is 26.1 Å². The number of carbonyl (C=O) groups is 1. The second kappa shape index (κ2) is 12.3. The normalized spacial score (nSPS) is 15.0. The van der Waals surface area contributed by atoms with Gasteiger partial charge in [-0.1, -0.05) is 29.8 Å². The smallest absolute Gasteiger partial charge is 0.222 e. The fourth-order valence-electron chi connectivity index (χ4n) is 3.12. The van der Waals surface area contributed by atoms with Crippen molar-refractivity contribution in [3.63, 3.8) is 0 Å². The SMILES string of the molecule is Cc1ccc(CCCCC(=O)N2CCC(OCCCN)CC2)cc1.Cl. The molecule has 0 radical (unpaired) electrons. The molecule has 0 spiro atoms. The van der Waals surface area contributed by atoms with Crippen molar-refractivity contribution in [3.05, 3.63) is 35.4 Å². The Bertz CT molecular complexity index is 485. The van der Waals surface area contributed by atoms with Crippen LogP contribution in [0, 0.1) is 6.92 Å². The minimum absolute atomic E-state index is 0. The summed E-state index contributed by atoms with van der Waals surface area (Å²) in [5.41, 5.74) is 8.13. The zero-order valence-electron chi connectivity index (χ0n) is 15.4. The van der Waals surface area contributed by atoms with E-state index in [0.29, 0.717) is 25.0 Å². The van der Waals surface area contributed by atoms with Crippen LogP contribution in [0.2, 0.25) is 0 Å². The van der Waals surface area contributed by atoms with E-state index in [9.17, 15) is 4.79 Å². The summed E-state index contributed by atoms with van der Waals surface area (Å²) < 4.78 is 5.79. The standard InChI is InChI=1S/C20H32N2O2.ClH/c1-17-7-9-18(10-8-17)5-2-3-6-20(23)22-14-11-19(12-15-22)24-16-4-13-21;/h7-10,19H,2-6,11-16,21H2,1H3;1H. The van der Waals surface area contributed by atoms with Gasteiger partial charge in [0.05, 0.1) is 6.10 Å². The van der Waals surface area contributed by atoms with Crippen LogP contribution in [0.3, 0.4) is 0 Å². The third kappa shape index (κ3) is 8.21. The second-order valence-corrected chi connectivity index (χ2v) is 6.79. The lowest BCUT2D eigenvalue weighted by Crippen LogP contribution is -2.40. The molecule has 4 nitrogen and oxygen atoms in total. The van der Waals surface area contributed by atoms with Crippen molar-refractivity contribution in [1.29, 1.82) is 0 Å². The van der Waals surface area contributed by atoms with Gasteiger partial charge in [0.1, 0.15) is 0 Å². The molecular formula is C20H33ClN2O2. The van der Waals surface area contributed by atoms with E-state index in [2.05, 4.69) is 31.2 Å². The molecule has 2 rings (SSSR count). The van der Waals surface area contributed by atoms with E-state index in [1.54, 1.807) is 0 Å². The van der Waals surface area contributed by atoms with Gasteiger partial charge in [-0.2, -0.15) is 0 Å². The number of nitrogens with zero attached hydrogens (tertiary/aromatic N) is 1. The molecule has 142 valence electrons. The van der Waals surface area contributed by atoms with Crippen molar-refractivity contribution in [1.82, 2.24) is 4.90 Å². The minimum Gasteiger partial charge on any atom is -0.378 e. The molecule has 0 saturated carbocycles. The molecule has 1 amide bonds. The van der Waals surface area contributed by atoms with Crippen molar-refractivity contribution in [2.24, 2.45) is 5.73 Å². The molecule has 1 aliphatic rings. The molecule has 2 N–H and O–H groups in total. The summed E-state index contributed by atoms with van der Waals surface area (Å²) in [5, 5.41) is 0. The van der Waals surface area contributed by atoms with Gasteiger partial charge < -0.3 is 15.4 Å². The monoisotopic (exact) mass is 368 g/mol. The number of hydrogen-bond donors (Lipinski definition) is 1. The van der Waals surface area contributed by atoms with Gasteiger partial charge in [-0.25, -0.2) is 0 Å². The Hall–Kier alpha value is -1.10. The quantitative estimate of drug-likeness (QED) is 0.679. The van der Waals surface area contributed by atoms with Crippen molar-refractivity contribution in [2.45, 2.75) is 58.0 Å². The van der Waals surface area contributed by atoms with Crippen LogP contribution in [-0.2, 0) is 16.0 Å². The van der Waals surface area contributed by atoms with Crippen LogP contribution in [0.4, 0.5) is 0 Å². The molecule has 1 aliphatic heterocycles. The summed E-state index contributed by atoms with van der Waals surface area (Å²) in [6.07, 6.45) is 6.92. The predicted octanol–water partition coefficient (Wildman–Crippen LogP) is 3.49. The first-order valence-corrected chi connectivity index (χ1v) is 9.34. The van der Waals surface area contributed by atoms with E-state index in [1.165, 1.54) is 11.1 Å². The van der Waals surface area contributed by atoms with Gasteiger partial charge in [-0.05, 0) is 57.6 Å². The van der Waals surface area contributed by atoms with Gasteiger partial charge in [0.15, 0.2) is 0 Å². The molecule has 1 heterocycles. The maximum atomic E-state index is 12.3. The zero-order valence-corrected chi connectivity index (χ0v) is 16.2. The number of hydrogen-bond acceptors (Lipinski definition) is 3. The number of unbranched alkanes of at least 4 members (excludes halogenated alkanes) is 1. The Kier molecular flexibility index (Phi) is 10.8. The lowest BCUT2D eigenvalue weighted by Gasteiger charge is -2.32. The molecule has 1 aromatic carbocycles. The summed E-state index contributed by atoms with van der Waals surface area (Å²) >= 11 is 0. The first kappa shape index (κ1) is 21.9. The zero-order chi connectivity index (χ0) is 17.2. The van der Waals surface area contributed by atoms with Crippen LogP contribution in [0.5, 0.6) is 0 Å². The molecule has 1 fully saturated rings. The number of nitrogens with two attached hydrogens (primary N) is 1. The van der Waals surface area contributed by atoms with Gasteiger partial charge in [-0.15, -0.1) is 12.4 Å². The summed E-state index contributed by atoms with van der Waals surface area (Å²) in [6, 6.07) is 8.68. The minimum atomic E-state index is 0. The summed E-state index contributed by atoms with van der Waals surface area (Å²) in [7, 11) is 0. The van der Waals surface area contributed by atoms with E-state index in [-0.39, 0.29) is 12.4 Å². The van der Waals surface area contributed by atoms with E-state index < -0.39 is 0 Å². The highest BCUT2D eigenvalue weighted by atomic mass is 35.5. The van der Waals surface area contributed by atoms with Crippen LogP contribution >= 0.6 is 12.4 Å². The number of benzene rings is 1. The maximum absolute atomic E-state index is 12.3. The number of piperidine rings is 1. The number of rotatable bonds is 9. The van der Waals surface area contributed by atoms with Gasteiger partial charge in [0.25, 0.3) is 0 Å². The van der Waals surface area contributed by atoms with Crippen LogP contribution < -0.4 is 5.73 Å². The Morgan fingerprint density at radius 1 is 1.16 bits per heavy atom. The molecule has 0 bridgehead atoms. The number of likely N-dealkylation sites (tertiary alicyclic amines) is 1. The summed E-state index contributed by atoms with van der Waals surface area (Å²) in [6.45, 7) is 5.21. The van der Waals surface area contributed by atoms with E-state index in [4.69, 9.17) is 10.5 Å². The van der Waals surface area contributed by atoms with E-state index in [0.717, 1.165) is 58.2 Å².